The summed E-state index contributed by atoms with van der Waals surface area (Å²) >= 11 is 0. The number of hydrogen-bond donors (Lipinski definition) is 1. The second-order valence-corrected chi connectivity index (χ2v) is 11.1. The summed E-state index contributed by atoms with van der Waals surface area (Å²) in [5.74, 6) is -0.517. The van der Waals surface area contributed by atoms with Gasteiger partial charge in [-0.1, -0.05) is 32.1 Å². The lowest BCUT2D eigenvalue weighted by Gasteiger charge is -2.44. The molecule has 7 heteroatoms. The number of aliphatic hydroxyl groups excluding tert-OH is 1. The molecule has 1 amide bonds. The van der Waals surface area contributed by atoms with Crippen LogP contribution < -0.4 is 0 Å². The van der Waals surface area contributed by atoms with Crippen LogP contribution in [0.2, 0.25) is 0 Å². The predicted molar refractivity (Wildman–Crippen MR) is 128 cm³/mol. The molecular formula is C27H41NO6. The highest BCUT2D eigenvalue weighted by molar-refractivity contribution is 5.81. The normalized spacial score (nSPS) is 33.4. The Bertz CT molecular complexity index is 844. The third-order valence-electron chi connectivity index (χ3n) is 7.90. The maximum atomic E-state index is 13.1. The van der Waals surface area contributed by atoms with Gasteiger partial charge in [0.2, 0.25) is 5.91 Å². The van der Waals surface area contributed by atoms with Crippen LogP contribution in [-0.2, 0) is 23.9 Å². The molecule has 7 nitrogen and oxygen atoms in total. The van der Waals surface area contributed by atoms with Crippen molar-refractivity contribution >= 4 is 17.8 Å². The number of allylic oxidation sites excluding steroid dienone is 2. The van der Waals surface area contributed by atoms with Crippen molar-refractivity contribution in [3.63, 3.8) is 0 Å². The number of esters is 2. The first kappa shape index (κ1) is 26.5. The Morgan fingerprint density at radius 3 is 2.56 bits per heavy atom. The van der Waals surface area contributed by atoms with Crippen molar-refractivity contribution in [1.82, 2.24) is 4.90 Å². The summed E-state index contributed by atoms with van der Waals surface area (Å²) in [6.45, 7) is 7.91. The highest BCUT2D eigenvalue weighted by Crippen LogP contribution is 2.46. The summed E-state index contributed by atoms with van der Waals surface area (Å²) in [6.07, 6.45) is 8.00. The molecule has 190 valence electrons. The number of fused-ring (bicyclic) bond motifs is 1. The largest absolute Gasteiger partial charge is 0.462 e. The van der Waals surface area contributed by atoms with Gasteiger partial charge >= 0.3 is 11.9 Å². The van der Waals surface area contributed by atoms with Crippen LogP contribution in [0.4, 0.5) is 0 Å². The van der Waals surface area contributed by atoms with Crippen molar-refractivity contribution in [2.45, 2.75) is 84.5 Å². The van der Waals surface area contributed by atoms with E-state index < -0.39 is 17.6 Å². The SMILES string of the molecule is CCC(C)(C)C(=O)O[C@H]1C[C@H](C(=O)N(C)C)C=C2C=C[C@H](C)[C@H](CC[C@@H]3C[C@@H](O)CC(=O)O3)[C@H]21. The molecule has 2 aliphatic carbocycles. The second-order valence-electron chi connectivity index (χ2n) is 11.1. The van der Waals surface area contributed by atoms with Gasteiger partial charge in [0.25, 0.3) is 0 Å². The second kappa shape index (κ2) is 10.6. The average molecular weight is 476 g/mol. The first-order valence-corrected chi connectivity index (χ1v) is 12.6. The minimum Gasteiger partial charge on any atom is -0.462 e. The maximum absolute atomic E-state index is 13.1. The van der Waals surface area contributed by atoms with E-state index in [1.807, 2.05) is 26.8 Å². The Kier molecular flexibility index (Phi) is 8.27. The van der Waals surface area contributed by atoms with E-state index in [2.05, 4.69) is 19.1 Å². The van der Waals surface area contributed by atoms with Crippen molar-refractivity contribution in [3.05, 3.63) is 23.8 Å². The van der Waals surface area contributed by atoms with Crippen molar-refractivity contribution in [2.75, 3.05) is 14.1 Å². The van der Waals surface area contributed by atoms with E-state index in [9.17, 15) is 19.5 Å². The number of carbonyl (C=O) groups is 3. The molecule has 0 spiro atoms. The molecule has 0 saturated carbocycles. The highest BCUT2D eigenvalue weighted by Gasteiger charge is 2.45. The number of carbonyl (C=O) groups excluding carboxylic acids is 3. The molecule has 0 unspecified atom stereocenters. The van der Waals surface area contributed by atoms with E-state index in [0.717, 1.165) is 12.0 Å². The zero-order valence-electron chi connectivity index (χ0n) is 21.5. The van der Waals surface area contributed by atoms with Gasteiger partial charge in [0, 0.05) is 32.9 Å². The quantitative estimate of drug-likeness (QED) is 0.565. The Balaban J connectivity index is 1.86. The van der Waals surface area contributed by atoms with Crippen molar-refractivity contribution in [2.24, 2.45) is 29.1 Å². The van der Waals surface area contributed by atoms with E-state index in [-0.39, 0.29) is 54.0 Å². The van der Waals surface area contributed by atoms with Gasteiger partial charge in [-0.3, -0.25) is 14.4 Å². The van der Waals surface area contributed by atoms with Crippen LogP contribution >= 0.6 is 0 Å². The average Bonchev–Trinajstić information content (AvgIpc) is 2.77. The molecule has 7 atom stereocenters. The Labute approximate surface area is 203 Å². The third kappa shape index (κ3) is 5.91. The van der Waals surface area contributed by atoms with E-state index in [0.29, 0.717) is 25.7 Å². The fraction of sp³-hybridized carbons (Fsp3) is 0.741. The van der Waals surface area contributed by atoms with Gasteiger partial charge in [-0.25, -0.2) is 0 Å². The zero-order valence-corrected chi connectivity index (χ0v) is 21.5. The van der Waals surface area contributed by atoms with Gasteiger partial charge in [-0.05, 0) is 50.5 Å². The highest BCUT2D eigenvalue weighted by atomic mass is 16.6. The van der Waals surface area contributed by atoms with Gasteiger partial charge in [-0.2, -0.15) is 0 Å². The van der Waals surface area contributed by atoms with Crippen molar-refractivity contribution < 1.29 is 29.0 Å². The van der Waals surface area contributed by atoms with E-state index in [4.69, 9.17) is 9.47 Å². The number of ether oxygens (including phenoxy) is 2. The van der Waals surface area contributed by atoms with Crippen molar-refractivity contribution in [3.8, 4) is 0 Å². The molecule has 1 heterocycles. The van der Waals surface area contributed by atoms with E-state index in [1.165, 1.54) is 0 Å². The lowest BCUT2D eigenvalue weighted by molar-refractivity contribution is -0.166. The molecule has 0 aromatic rings. The Hall–Kier alpha value is -2.15. The minimum absolute atomic E-state index is 0.00780. The van der Waals surface area contributed by atoms with Crippen LogP contribution in [0, 0.1) is 29.1 Å². The first-order chi connectivity index (χ1) is 15.9. The number of aliphatic hydroxyl groups is 1. The Morgan fingerprint density at radius 2 is 1.94 bits per heavy atom. The van der Waals surface area contributed by atoms with Gasteiger partial charge in [0.15, 0.2) is 0 Å². The summed E-state index contributed by atoms with van der Waals surface area (Å²) in [4.78, 5) is 39.3. The molecule has 0 radical (unpaired) electrons. The van der Waals surface area contributed by atoms with Crippen molar-refractivity contribution in [1.29, 1.82) is 0 Å². The molecule has 1 saturated heterocycles. The van der Waals surface area contributed by atoms with Gasteiger partial charge < -0.3 is 19.5 Å². The first-order valence-electron chi connectivity index (χ1n) is 12.6. The summed E-state index contributed by atoms with van der Waals surface area (Å²) in [5, 5.41) is 9.98. The molecule has 0 aromatic heterocycles. The van der Waals surface area contributed by atoms with Crippen LogP contribution in [-0.4, -0.2) is 60.3 Å². The molecule has 1 N–H and O–H groups in total. The Morgan fingerprint density at radius 1 is 1.24 bits per heavy atom. The summed E-state index contributed by atoms with van der Waals surface area (Å²) in [7, 11) is 3.49. The fourth-order valence-electron chi connectivity index (χ4n) is 5.37. The number of hydrogen-bond acceptors (Lipinski definition) is 6. The van der Waals surface area contributed by atoms with Crippen LogP contribution in [0.3, 0.4) is 0 Å². The standard InChI is InChI=1S/C27H41NO6/c1-7-27(3,4)26(32)34-22-13-18(25(31)28(5)6)12-17-9-8-16(2)21(24(17)22)11-10-20-14-19(29)15-23(30)33-20/h8-9,12,16,18-22,24,29H,7,10-11,13-15H2,1-6H3/t16-,18+,19+,20+,21-,22-,24-/m0/s1. The number of amides is 1. The molecule has 0 bridgehead atoms. The predicted octanol–water partition coefficient (Wildman–Crippen LogP) is 3.65. The maximum Gasteiger partial charge on any atom is 0.311 e. The third-order valence-corrected chi connectivity index (χ3v) is 7.90. The molecule has 0 aromatic carbocycles. The zero-order chi connectivity index (χ0) is 25.2. The van der Waals surface area contributed by atoms with Gasteiger partial charge in [0.1, 0.15) is 12.2 Å². The van der Waals surface area contributed by atoms with Crippen LogP contribution in [0.25, 0.3) is 0 Å². The van der Waals surface area contributed by atoms with E-state index >= 15 is 0 Å². The fourth-order valence-corrected chi connectivity index (χ4v) is 5.37. The molecule has 34 heavy (non-hydrogen) atoms. The van der Waals surface area contributed by atoms with Gasteiger partial charge in [-0.15, -0.1) is 0 Å². The van der Waals surface area contributed by atoms with Crippen LogP contribution in [0.1, 0.15) is 66.2 Å². The smallest absolute Gasteiger partial charge is 0.311 e. The number of nitrogens with zero attached hydrogens (tertiary/aromatic N) is 1. The minimum atomic E-state index is -0.650. The summed E-state index contributed by atoms with van der Waals surface area (Å²) in [6, 6.07) is 0. The molecular weight excluding hydrogens is 434 g/mol. The summed E-state index contributed by atoms with van der Waals surface area (Å²) in [5.41, 5.74) is 0.447. The molecule has 3 aliphatic rings. The van der Waals surface area contributed by atoms with E-state index in [1.54, 1.807) is 19.0 Å². The van der Waals surface area contributed by atoms with Crippen LogP contribution in [0.15, 0.2) is 23.8 Å². The van der Waals surface area contributed by atoms with Crippen LogP contribution in [0.5, 0.6) is 0 Å². The number of rotatable bonds is 7. The number of cyclic esters (lactones) is 1. The van der Waals surface area contributed by atoms with Gasteiger partial charge in [0.05, 0.1) is 23.9 Å². The lowest BCUT2D eigenvalue weighted by atomic mass is 9.65. The molecule has 1 aliphatic heterocycles. The lowest BCUT2D eigenvalue weighted by Crippen LogP contribution is -2.45. The topological polar surface area (TPSA) is 93.1 Å². The molecule has 3 rings (SSSR count). The molecule has 1 fully saturated rings. The monoisotopic (exact) mass is 475 g/mol. The summed E-state index contributed by atoms with van der Waals surface area (Å²) < 4.78 is 11.6.